The Morgan fingerprint density at radius 1 is 1.21 bits per heavy atom. The number of hydrogen-bond acceptors (Lipinski definition) is 2. The third kappa shape index (κ3) is 4.58. The van der Waals surface area contributed by atoms with Gasteiger partial charge in [0.25, 0.3) is 0 Å². The maximum atomic E-state index is 9.96. The van der Waals surface area contributed by atoms with Crippen LogP contribution in [0.2, 0.25) is 0 Å². The van der Waals surface area contributed by atoms with Crippen LogP contribution in [0.1, 0.15) is 12.0 Å². The van der Waals surface area contributed by atoms with Crippen LogP contribution in [0.15, 0.2) is 36.4 Å². The molecular formula is C12H14O2. The molecule has 0 N–H and O–H groups in total. The van der Waals surface area contributed by atoms with Gasteiger partial charge in [0.05, 0.1) is 13.2 Å². The average molecular weight is 190 g/mol. The first-order valence-corrected chi connectivity index (χ1v) is 4.66. The molecule has 0 aliphatic rings. The molecule has 0 saturated heterocycles. The Labute approximate surface area is 84.2 Å². The summed E-state index contributed by atoms with van der Waals surface area (Å²) in [6.07, 6.45) is 5.28. The molecule has 1 aromatic rings. The lowest BCUT2D eigenvalue weighted by Crippen LogP contribution is -1.94. The van der Waals surface area contributed by atoms with E-state index in [0.29, 0.717) is 19.6 Å². The molecule has 74 valence electrons. The molecule has 14 heavy (non-hydrogen) atoms. The van der Waals surface area contributed by atoms with E-state index in [1.807, 2.05) is 42.5 Å². The average Bonchev–Trinajstić information content (AvgIpc) is 2.25. The Kier molecular flexibility index (Phi) is 5.36. The van der Waals surface area contributed by atoms with Crippen LogP contribution in [0.3, 0.4) is 0 Å². The van der Waals surface area contributed by atoms with Gasteiger partial charge < -0.3 is 9.53 Å². The van der Waals surface area contributed by atoms with E-state index in [1.165, 1.54) is 0 Å². The molecule has 1 rings (SSSR count). The predicted molar refractivity (Wildman–Crippen MR) is 57.0 cm³/mol. The molecule has 0 saturated carbocycles. The number of rotatable bonds is 6. The van der Waals surface area contributed by atoms with Gasteiger partial charge in [-0.25, -0.2) is 0 Å². The van der Waals surface area contributed by atoms with Gasteiger partial charge in [0.1, 0.15) is 6.29 Å². The number of carbonyl (C=O) groups excluding carboxylic acids is 1. The summed E-state index contributed by atoms with van der Waals surface area (Å²) < 4.78 is 5.18. The number of carbonyl (C=O) groups is 1. The fourth-order valence-electron chi connectivity index (χ4n) is 1.03. The van der Waals surface area contributed by atoms with E-state index in [-0.39, 0.29) is 0 Å². The van der Waals surface area contributed by atoms with Crippen molar-refractivity contribution < 1.29 is 9.53 Å². The molecule has 1 aromatic carbocycles. The zero-order valence-corrected chi connectivity index (χ0v) is 8.06. The maximum Gasteiger partial charge on any atom is 0.122 e. The Bertz CT molecular complexity index is 278. The van der Waals surface area contributed by atoms with Crippen LogP contribution in [0.5, 0.6) is 0 Å². The van der Waals surface area contributed by atoms with Crippen LogP contribution < -0.4 is 0 Å². The lowest BCUT2D eigenvalue weighted by molar-refractivity contribution is -0.108. The molecule has 0 atom stereocenters. The fourth-order valence-corrected chi connectivity index (χ4v) is 1.03. The molecule has 0 heterocycles. The van der Waals surface area contributed by atoms with Gasteiger partial charge in [-0.3, -0.25) is 0 Å². The maximum absolute atomic E-state index is 9.96. The van der Waals surface area contributed by atoms with Crippen LogP contribution in [0.25, 0.3) is 6.08 Å². The van der Waals surface area contributed by atoms with Crippen LogP contribution in [0, 0.1) is 0 Å². The molecule has 0 spiro atoms. The second-order valence-electron chi connectivity index (χ2n) is 2.84. The minimum absolute atomic E-state index is 0.471. The number of ether oxygens (including phenoxy) is 1. The Hall–Kier alpha value is -1.41. The number of hydrogen-bond donors (Lipinski definition) is 0. The van der Waals surface area contributed by atoms with Gasteiger partial charge in [0.15, 0.2) is 0 Å². The van der Waals surface area contributed by atoms with Crippen LogP contribution in [-0.2, 0) is 9.53 Å². The Morgan fingerprint density at radius 2 is 2.00 bits per heavy atom. The van der Waals surface area contributed by atoms with Gasteiger partial charge in [0.2, 0.25) is 0 Å². The van der Waals surface area contributed by atoms with Crippen molar-refractivity contribution >= 4 is 12.4 Å². The Morgan fingerprint density at radius 3 is 2.71 bits per heavy atom. The quantitative estimate of drug-likeness (QED) is 0.508. The largest absolute Gasteiger partial charge is 0.377 e. The highest BCUT2D eigenvalue weighted by Crippen LogP contribution is 2.00. The molecule has 0 amide bonds. The highest BCUT2D eigenvalue weighted by Gasteiger charge is 1.84. The van der Waals surface area contributed by atoms with Gasteiger partial charge in [-0.15, -0.1) is 0 Å². The van der Waals surface area contributed by atoms with Crippen molar-refractivity contribution in [3.63, 3.8) is 0 Å². The van der Waals surface area contributed by atoms with Gasteiger partial charge in [0, 0.05) is 6.42 Å². The molecule has 2 nitrogen and oxygen atoms in total. The zero-order valence-electron chi connectivity index (χ0n) is 8.06. The first-order valence-electron chi connectivity index (χ1n) is 4.66. The number of aldehydes is 1. The SMILES string of the molecule is O=CCCOCC=Cc1ccccc1. The summed E-state index contributed by atoms with van der Waals surface area (Å²) in [5.74, 6) is 0. The number of benzene rings is 1. The standard InChI is InChI=1S/C12H14O2/c13-9-5-11-14-10-4-8-12-6-2-1-3-7-12/h1-4,6-9H,5,10-11H2. The summed E-state index contributed by atoms with van der Waals surface area (Å²) in [4.78, 5) is 9.96. The molecule has 0 radical (unpaired) electrons. The highest BCUT2D eigenvalue weighted by atomic mass is 16.5. The predicted octanol–water partition coefficient (Wildman–Crippen LogP) is 2.31. The van der Waals surface area contributed by atoms with Crippen molar-refractivity contribution in [3.8, 4) is 0 Å². The molecule has 2 heteroatoms. The summed E-state index contributed by atoms with van der Waals surface area (Å²) in [5.41, 5.74) is 1.16. The summed E-state index contributed by atoms with van der Waals surface area (Å²) in [7, 11) is 0. The normalized spacial score (nSPS) is 10.6. The monoisotopic (exact) mass is 190 g/mol. The van der Waals surface area contributed by atoms with E-state index in [9.17, 15) is 4.79 Å². The van der Waals surface area contributed by atoms with Crippen LogP contribution >= 0.6 is 0 Å². The van der Waals surface area contributed by atoms with Crippen molar-refractivity contribution in [2.75, 3.05) is 13.2 Å². The third-order valence-corrected chi connectivity index (χ3v) is 1.70. The second-order valence-corrected chi connectivity index (χ2v) is 2.84. The first kappa shape index (κ1) is 10.7. The van der Waals surface area contributed by atoms with Crippen molar-refractivity contribution in [3.05, 3.63) is 42.0 Å². The van der Waals surface area contributed by atoms with Crippen LogP contribution in [-0.4, -0.2) is 19.5 Å². The molecule has 0 aromatic heterocycles. The highest BCUT2D eigenvalue weighted by molar-refractivity contribution is 5.49. The summed E-state index contributed by atoms with van der Waals surface area (Å²) in [6, 6.07) is 10.0. The van der Waals surface area contributed by atoms with Gasteiger partial charge in [-0.1, -0.05) is 42.5 Å². The van der Waals surface area contributed by atoms with Gasteiger partial charge in [-0.05, 0) is 5.56 Å². The van der Waals surface area contributed by atoms with Crippen molar-refractivity contribution in [2.45, 2.75) is 6.42 Å². The van der Waals surface area contributed by atoms with E-state index < -0.39 is 0 Å². The fraction of sp³-hybridized carbons (Fsp3) is 0.250. The minimum atomic E-state index is 0.471. The van der Waals surface area contributed by atoms with E-state index in [4.69, 9.17) is 4.74 Å². The molecule has 0 bridgehead atoms. The van der Waals surface area contributed by atoms with E-state index in [2.05, 4.69) is 0 Å². The minimum Gasteiger partial charge on any atom is -0.377 e. The van der Waals surface area contributed by atoms with Crippen LogP contribution in [0.4, 0.5) is 0 Å². The smallest absolute Gasteiger partial charge is 0.122 e. The summed E-state index contributed by atoms with van der Waals surface area (Å²) >= 11 is 0. The molecule has 0 fully saturated rings. The topological polar surface area (TPSA) is 26.3 Å². The van der Waals surface area contributed by atoms with E-state index in [1.54, 1.807) is 0 Å². The Balaban J connectivity index is 2.18. The second kappa shape index (κ2) is 7.04. The lowest BCUT2D eigenvalue weighted by Gasteiger charge is -1.95. The molecule has 0 aliphatic carbocycles. The first-order chi connectivity index (χ1) is 6.93. The van der Waals surface area contributed by atoms with Crippen molar-refractivity contribution in [1.29, 1.82) is 0 Å². The molecular weight excluding hydrogens is 176 g/mol. The van der Waals surface area contributed by atoms with Crippen molar-refractivity contribution in [1.82, 2.24) is 0 Å². The van der Waals surface area contributed by atoms with E-state index in [0.717, 1.165) is 11.8 Å². The van der Waals surface area contributed by atoms with Gasteiger partial charge in [-0.2, -0.15) is 0 Å². The van der Waals surface area contributed by atoms with Crippen molar-refractivity contribution in [2.24, 2.45) is 0 Å². The zero-order chi connectivity index (χ0) is 10.1. The molecule has 0 unspecified atom stereocenters. The third-order valence-electron chi connectivity index (χ3n) is 1.70. The molecule has 0 aliphatic heterocycles. The van der Waals surface area contributed by atoms with Gasteiger partial charge >= 0.3 is 0 Å². The van der Waals surface area contributed by atoms with E-state index >= 15 is 0 Å². The summed E-state index contributed by atoms with van der Waals surface area (Å²) in [5, 5.41) is 0. The lowest BCUT2D eigenvalue weighted by atomic mass is 10.2. The summed E-state index contributed by atoms with van der Waals surface area (Å²) in [6.45, 7) is 1.06.